The van der Waals surface area contributed by atoms with Crippen LogP contribution in [0.4, 0.5) is 0 Å². The number of hydrogen-bond acceptors (Lipinski definition) is 3. The van der Waals surface area contributed by atoms with Gasteiger partial charge in [-0.3, -0.25) is 0 Å². The third-order valence-electron chi connectivity index (χ3n) is 0.685. The zero-order chi connectivity index (χ0) is 8.69. The molecule has 0 spiro atoms. The lowest BCUT2D eigenvalue weighted by atomic mass is 10.6. The number of esters is 1. The minimum absolute atomic E-state index is 0.0136. The van der Waals surface area contributed by atoms with E-state index in [1.807, 2.05) is 0 Å². The molecule has 2 N–H and O–H groups in total. The van der Waals surface area contributed by atoms with Crippen molar-refractivity contribution in [1.29, 1.82) is 0 Å². The van der Waals surface area contributed by atoms with Gasteiger partial charge in [0.15, 0.2) is 5.11 Å². The summed E-state index contributed by atoms with van der Waals surface area (Å²) < 4.78 is 4.52. The molecule has 0 rings (SSSR count). The van der Waals surface area contributed by atoms with Gasteiger partial charge in [0.1, 0.15) is 6.61 Å². The number of thiocarbonyl (C=S) groups is 1. The highest BCUT2D eigenvalue weighted by molar-refractivity contribution is 7.80. The number of nitrogens with two attached hydrogens (primary N) is 1. The SMILES string of the molecule is C=CC(=O)OCC=NC(N)=S. The van der Waals surface area contributed by atoms with Crippen LogP contribution in [0, 0.1) is 0 Å². The molecule has 0 saturated carbocycles. The molecule has 0 bridgehead atoms. The molecule has 0 aliphatic rings. The van der Waals surface area contributed by atoms with Crippen LogP contribution in [0.3, 0.4) is 0 Å². The van der Waals surface area contributed by atoms with Crippen LogP contribution in [-0.4, -0.2) is 23.9 Å². The first-order valence-electron chi connectivity index (χ1n) is 2.78. The van der Waals surface area contributed by atoms with Crippen LogP contribution in [0.5, 0.6) is 0 Å². The summed E-state index contributed by atoms with van der Waals surface area (Å²) in [5, 5.41) is 0.0136. The Morgan fingerprint density at radius 1 is 1.82 bits per heavy atom. The maximum Gasteiger partial charge on any atom is 0.330 e. The topological polar surface area (TPSA) is 64.7 Å². The summed E-state index contributed by atoms with van der Waals surface area (Å²) in [7, 11) is 0. The van der Waals surface area contributed by atoms with Crippen molar-refractivity contribution in [1.82, 2.24) is 0 Å². The van der Waals surface area contributed by atoms with Gasteiger partial charge in [-0.05, 0) is 12.2 Å². The van der Waals surface area contributed by atoms with E-state index < -0.39 is 5.97 Å². The molecular weight excluding hydrogens is 164 g/mol. The highest BCUT2D eigenvalue weighted by Crippen LogP contribution is 1.76. The predicted molar refractivity (Wildman–Crippen MR) is 46.4 cm³/mol. The third kappa shape index (κ3) is 6.66. The van der Waals surface area contributed by atoms with Crippen LogP contribution in [0.25, 0.3) is 0 Å². The lowest BCUT2D eigenvalue weighted by Gasteiger charge is -1.93. The zero-order valence-electron chi connectivity index (χ0n) is 5.82. The number of nitrogens with zero attached hydrogens (tertiary/aromatic N) is 1. The summed E-state index contributed by atoms with van der Waals surface area (Å²) in [6, 6.07) is 0. The molecule has 0 aromatic carbocycles. The highest BCUT2D eigenvalue weighted by Gasteiger charge is 1.90. The van der Waals surface area contributed by atoms with Crippen molar-refractivity contribution in [3.63, 3.8) is 0 Å². The van der Waals surface area contributed by atoms with Crippen molar-refractivity contribution >= 4 is 29.5 Å². The van der Waals surface area contributed by atoms with Crippen LogP contribution in [0.1, 0.15) is 0 Å². The summed E-state index contributed by atoms with van der Waals surface area (Å²) in [5.41, 5.74) is 5.01. The maximum absolute atomic E-state index is 10.4. The minimum Gasteiger partial charge on any atom is -0.457 e. The van der Waals surface area contributed by atoms with E-state index in [2.05, 4.69) is 28.5 Å². The Morgan fingerprint density at radius 3 is 2.91 bits per heavy atom. The molecule has 5 heteroatoms. The van der Waals surface area contributed by atoms with Crippen LogP contribution in [0.2, 0.25) is 0 Å². The number of aliphatic imine (C=N–C) groups is 1. The molecule has 4 nitrogen and oxygen atoms in total. The smallest absolute Gasteiger partial charge is 0.330 e. The first-order valence-corrected chi connectivity index (χ1v) is 3.18. The summed E-state index contributed by atoms with van der Waals surface area (Å²) in [5.74, 6) is -0.501. The van der Waals surface area contributed by atoms with Gasteiger partial charge in [0.2, 0.25) is 0 Å². The Hall–Kier alpha value is -1.23. The number of rotatable bonds is 3. The molecule has 0 unspecified atom stereocenters. The van der Waals surface area contributed by atoms with E-state index >= 15 is 0 Å². The van der Waals surface area contributed by atoms with Gasteiger partial charge in [-0.2, -0.15) is 0 Å². The molecule has 0 aliphatic heterocycles. The van der Waals surface area contributed by atoms with Crippen LogP contribution >= 0.6 is 12.2 Å². The van der Waals surface area contributed by atoms with E-state index in [1.54, 1.807) is 0 Å². The minimum atomic E-state index is -0.501. The average molecular weight is 172 g/mol. The van der Waals surface area contributed by atoms with Crippen LogP contribution < -0.4 is 5.73 Å². The molecule has 0 radical (unpaired) electrons. The van der Waals surface area contributed by atoms with Gasteiger partial charge in [0.05, 0.1) is 0 Å². The van der Waals surface area contributed by atoms with E-state index in [4.69, 9.17) is 5.73 Å². The maximum atomic E-state index is 10.4. The molecule has 60 valence electrons. The summed E-state index contributed by atoms with van der Waals surface area (Å²) in [6.07, 6.45) is 2.37. The van der Waals surface area contributed by atoms with Crippen molar-refractivity contribution < 1.29 is 9.53 Å². The van der Waals surface area contributed by atoms with Crippen molar-refractivity contribution in [2.24, 2.45) is 10.7 Å². The van der Waals surface area contributed by atoms with Gasteiger partial charge in [-0.25, -0.2) is 9.79 Å². The molecule has 0 heterocycles. The van der Waals surface area contributed by atoms with E-state index in [1.165, 1.54) is 6.21 Å². The number of carbonyl (C=O) groups is 1. The van der Waals surface area contributed by atoms with Crippen LogP contribution in [-0.2, 0) is 9.53 Å². The molecule has 0 aromatic heterocycles. The highest BCUT2D eigenvalue weighted by atomic mass is 32.1. The molecule has 0 aromatic rings. The standard InChI is InChI=1S/C6H8N2O2S/c1-2-5(9)10-4-3-8-6(7)11/h2-3H,1,4H2,(H2,7,11). The summed E-state index contributed by atoms with van der Waals surface area (Å²) in [4.78, 5) is 13.9. The molecule has 11 heavy (non-hydrogen) atoms. The first kappa shape index (κ1) is 9.77. The number of carbonyl (C=O) groups excluding carboxylic acids is 1. The lowest BCUT2D eigenvalue weighted by Crippen LogP contribution is -2.07. The largest absolute Gasteiger partial charge is 0.457 e. The fraction of sp³-hybridized carbons (Fsp3) is 0.167. The van der Waals surface area contributed by atoms with Gasteiger partial charge in [0, 0.05) is 12.3 Å². The van der Waals surface area contributed by atoms with Crippen molar-refractivity contribution in [3.05, 3.63) is 12.7 Å². The Morgan fingerprint density at radius 2 is 2.45 bits per heavy atom. The summed E-state index contributed by atoms with van der Waals surface area (Å²) in [6.45, 7) is 3.26. The molecule has 0 atom stereocenters. The van der Waals surface area contributed by atoms with Crippen LogP contribution in [0.15, 0.2) is 17.6 Å². The second-order valence-electron chi connectivity index (χ2n) is 1.48. The Balaban J connectivity index is 3.49. The van der Waals surface area contributed by atoms with Gasteiger partial charge in [-0.1, -0.05) is 6.58 Å². The summed E-state index contributed by atoms with van der Waals surface area (Å²) >= 11 is 4.42. The monoisotopic (exact) mass is 172 g/mol. The van der Waals surface area contributed by atoms with Gasteiger partial charge >= 0.3 is 5.97 Å². The Labute approximate surface area is 69.7 Å². The second-order valence-corrected chi connectivity index (χ2v) is 1.90. The van der Waals surface area contributed by atoms with Crippen molar-refractivity contribution in [2.75, 3.05) is 6.61 Å². The normalized spacial score (nSPS) is 9.45. The molecule has 0 saturated heterocycles. The van der Waals surface area contributed by atoms with E-state index in [0.29, 0.717) is 0 Å². The Bertz CT molecular complexity index is 201. The lowest BCUT2D eigenvalue weighted by molar-refractivity contribution is -0.135. The third-order valence-corrected chi connectivity index (χ3v) is 0.791. The fourth-order valence-corrected chi connectivity index (χ4v) is 0.380. The van der Waals surface area contributed by atoms with E-state index in [9.17, 15) is 4.79 Å². The second kappa shape index (κ2) is 5.55. The van der Waals surface area contributed by atoms with Crippen molar-refractivity contribution in [3.8, 4) is 0 Å². The number of hydrogen-bond donors (Lipinski definition) is 1. The molecular formula is C6H8N2O2S. The van der Waals surface area contributed by atoms with Gasteiger partial charge in [-0.15, -0.1) is 0 Å². The average Bonchev–Trinajstić information content (AvgIpc) is 1.97. The molecule has 0 amide bonds. The molecule has 0 fully saturated rings. The number of ether oxygens (including phenoxy) is 1. The van der Waals surface area contributed by atoms with Gasteiger partial charge < -0.3 is 10.5 Å². The fourth-order valence-electron chi connectivity index (χ4n) is 0.306. The predicted octanol–water partition coefficient (Wildman–Crippen LogP) is 0.0300. The van der Waals surface area contributed by atoms with E-state index in [0.717, 1.165) is 6.08 Å². The molecule has 0 aliphatic carbocycles. The van der Waals surface area contributed by atoms with Gasteiger partial charge in [0.25, 0.3) is 0 Å². The van der Waals surface area contributed by atoms with Crippen molar-refractivity contribution in [2.45, 2.75) is 0 Å². The first-order chi connectivity index (χ1) is 5.16. The Kier molecular flexibility index (Phi) is 4.93. The zero-order valence-corrected chi connectivity index (χ0v) is 6.63. The quantitative estimate of drug-likeness (QED) is 0.282. The van der Waals surface area contributed by atoms with E-state index in [-0.39, 0.29) is 11.7 Å².